The fourth-order valence-corrected chi connectivity index (χ4v) is 3.51. The second-order valence-corrected chi connectivity index (χ2v) is 8.67. The van der Waals surface area contributed by atoms with Gasteiger partial charge in [-0.15, -0.1) is 0 Å². The van der Waals surface area contributed by atoms with Crippen LogP contribution in [0.3, 0.4) is 0 Å². The van der Waals surface area contributed by atoms with E-state index in [1.54, 1.807) is 6.07 Å². The van der Waals surface area contributed by atoms with Gasteiger partial charge in [0.25, 0.3) is 0 Å². The summed E-state index contributed by atoms with van der Waals surface area (Å²) in [6.45, 7) is 2.32. The van der Waals surface area contributed by atoms with Gasteiger partial charge < -0.3 is 5.32 Å². The van der Waals surface area contributed by atoms with Crippen LogP contribution in [0.15, 0.2) is 48.5 Å². The second-order valence-electron chi connectivity index (χ2n) is 6.25. The van der Waals surface area contributed by atoms with E-state index in [1.807, 2.05) is 49.4 Å². The minimum Gasteiger partial charge on any atom is -0.355 e. The highest BCUT2D eigenvalue weighted by molar-refractivity contribution is 7.88. The van der Waals surface area contributed by atoms with Crippen LogP contribution in [0.1, 0.15) is 16.7 Å². The summed E-state index contributed by atoms with van der Waals surface area (Å²) in [7, 11) is -3.50. The molecule has 0 atom stereocenters. The highest BCUT2D eigenvalue weighted by atomic mass is 35.5. The van der Waals surface area contributed by atoms with Crippen LogP contribution in [0.5, 0.6) is 0 Å². The monoisotopic (exact) mass is 394 g/mol. The molecule has 0 fully saturated rings. The largest absolute Gasteiger partial charge is 0.355 e. The number of aryl methyl sites for hydroxylation is 1. The van der Waals surface area contributed by atoms with E-state index in [4.69, 9.17) is 11.6 Å². The van der Waals surface area contributed by atoms with Crippen molar-refractivity contribution in [2.24, 2.45) is 0 Å². The molecule has 0 saturated heterocycles. The van der Waals surface area contributed by atoms with Crippen molar-refractivity contribution >= 4 is 27.5 Å². The van der Waals surface area contributed by atoms with Crippen LogP contribution in [-0.2, 0) is 27.8 Å². The highest BCUT2D eigenvalue weighted by Gasteiger charge is 2.20. The van der Waals surface area contributed by atoms with Gasteiger partial charge in [-0.25, -0.2) is 8.42 Å². The Labute approximate surface area is 160 Å². The molecule has 0 aliphatic carbocycles. The van der Waals surface area contributed by atoms with Crippen molar-refractivity contribution in [3.63, 3.8) is 0 Å². The number of amides is 1. The number of carbonyl (C=O) groups excluding carboxylic acids is 1. The predicted molar refractivity (Wildman–Crippen MR) is 105 cm³/mol. The first-order valence-corrected chi connectivity index (χ1v) is 10.5. The van der Waals surface area contributed by atoms with Crippen molar-refractivity contribution in [1.82, 2.24) is 9.62 Å². The third-order valence-corrected chi connectivity index (χ3v) is 5.29. The Kier molecular flexibility index (Phi) is 7.20. The van der Waals surface area contributed by atoms with Crippen molar-refractivity contribution in [2.45, 2.75) is 19.9 Å². The van der Waals surface area contributed by atoms with Crippen LogP contribution in [0.2, 0.25) is 5.02 Å². The van der Waals surface area contributed by atoms with Gasteiger partial charge in [0.05, 0.1) is 12.8 Å². The van der Waals surface area contributed by atoms with Gasteiger partial charge in [-0.05, 0) is 36.6 Å². The average molecular weight is 395 g/mol. The molecule has 0 radical (unpaired) electrons. The zero-order valence-electron chi connectivity index (χ0n) is 14.9. The Bertz CT molecular complexity index is 869. The zero-order chi connectivity index (χ0) is 19.2. The summed E-state index contributed by atoms with van der Waals surface area (Å²) in [4.78, 5) is 12.2. The van der Waals surface area contributed by atoms with Gasteiger partial charge in [0.15, 0.2) is 0 Å². The standard InChI is InChI=1S/C19H23ClN2O3S/c1-15-5-3-7-17(11-15)13-22(26(2,24)25)14-19(23)21-10-9-16-6-4-8-18(20)12-16/h3-8,11-12H,9-10,13-14H2,1-2H3,(H,21,23). The van der Waals surface area contributed by atoms with Gasteiger partial charge in [0.1, 0.15) is 0 Å². The molecule has 0 spiro atoms. The molecule has 2 aromatic rings. The first-order chi connectivity index (χ1) is 12.2. The highest BCUT2D eigenvalue weighted by Crippen LogP contribution is 2.11. The van der Waals surface area contributed by atoms with Gasteiger partial charge in [0.2, 0.25) is 15.9 Å². The fourth-order valence-electron chi connectivity index (χ4n) is 2.56. The summed E-state index contributed by atoms with van der Waals surface area (Å²) in [5.41, 5.74) is 2.90. The molecule has 1 N–H and O–H groups in total. The minimum absolute atomic E-state index is 0.169. The Hall–Kier alpha value is -1.89. The van der Waals surface area contributed by atoms with Crippen LogP contribution >= 0.6 is 11.6 Å². The van der Waals surface area contributed by atoms with E-state index in [0.29, 0.717) is 18.0 Å². The maximum absolute atomic E-state index is 12.2. The van der Waals surface area contributed by atoms with Crippen molar-refractivity contribution in [3.05, 3.63) is 70.2 Å². The molecular formula is C19H23ClN2O3S. The molecule has 140 valence electrons. The van der Waals surface area contributed by atoms with Crippen LogP contribution in [0, 0.1) is 6.92 Å². The van der Waals surface area contributed by atoms with E-state index < -0.39 is 10.0 Å². The summed E-state index contributed by atoms with van der Waals surface area (Å²) in [5, 5.41) is 3.41. The number of nitrogens with zero attached hydrogens (tertiary/aromatic N) is 1. The number of halogens is 1. The van der Waals surface area contributed by atoms with E-state index in [2.05, 4.69) is 5.32 Å². The van der Waals surface area contributed by atoms with Gasteiger partial charge >= 0.3 is 0 Å². The number of sulfonamides is 1. The van der Waals surface area contributed by atoms with Gasteiger partial charge in [-0.3, -0.25) is 4.79 Å². The van der Waals surface area contributed by atoms with E-state index in [0.717, 1.165) is 22.9 Å². The molecule has 2 aromatic carbocycles. The number of hydrogen-bond acceptors (Lipinski definition) is 3. The first-order valence-electron chi connectivity index (χ1n) is 8.26. The summed E-state index contributed by atoms with van der Waals surface area (Å²) in [6, 6.07) is 15.0. The lowest BCUT2D eigenvalue weighted by atomic mass is 10.1. The summed E-state index contributed by atoms with van der Waals surface area (Å²) >= 11 is 5.93. The van der Waals surface area contributed by atoms with E-state index in [1.165, 1.54) is 4.31 Å². The van der Waals surface area contributed by atoms with Crippen molar-refractivity contribution in [1.29, 1.82) is 0 Å². The first kappa shape index (κ1) is 20.4. The molecule has 0 aromatic heterocycles. The van der Waals surface area contributed by atoms with Crippen LogP contribution in [0.25, 0.3) is 0 Å². The fraction of sp³-hybridized carbons (Fsp3) is 0.316. The number of nitrogens with one attached hydrogen (secondary N) is 1. The zero-order valence-corrected chi connectivity index (χ0v) is 16.5. The Morgan fingerprint density at radius 1 is 1.12 bits per heavy atom. The number of rotatable bonds is 8. The Morgan fingerprint density at radius 3 is 2.46 bits per heavy atom. The Balaban J connectivity index is 1.92. The van der Waals surface area contributed by atoms with E-state index >= 15 is 0 Å². The maximum atomic E-state index is 12.2. The van der Waals surface area contributed by atoms with E-state index in [9.17, 15) is 13.2 Å². The molecular weight excluding hydrogens is 372 g/mol. The maximum Gasteiger partial charge on any atom is 0.235 e. The molecule has 26 heavy (non-hydrogen) atoms. The lowest BCUT2D eigenvalue weighted by Gasteiger charge is -2.20. The molecule has 7 heteroatoms. The van der Waals surface area contributed by atoms with Crippen LogP contribution < -0.4 is 5.32 Å². The summed E-state index contributed by atoms with van der Waals surface area (Å²) in [5.74, 6) is -0.329. The van der Waals surface area contributed by atoms with Crippen molar-refractivity contribution < 1.29 is 13.2 Å². The third kappa shape index (κ3) is 6.78. The van der Waals surface area contributed by atoms with Crippen molar-refractivity contribution in [2.75, 3.05) is 19.3 Å². The third-order valence-electron chi connectivity index (χ3n) is 3.86. The summed E-state index contributed by atoms with van der Waals surface area (Å²) in [6.07, 6.45) is 1.74. The van der Waals surface area contributed by atoms with Crippen LogP contribution in [-0.4, -0.2) is 38.0 Å². The van der Waals surface area contributed by atoms with Crippen LogP contribution in [0.4, 0.5) is 0 Å². The Morgan fingerprint density at radius 2 is 1.81 bits per heavy atom. The minimum atomic E-state index is -3.50. The molecule has 0 heterocycles. The van der Waals surface area contributed by atoms with Gasteiger partial charge in [-0.1, -0.05) is 53.6 Å². The number of carbonyl (C=O) groups is 1. The average Bonchev–Trinajstić information content (AvgIpc) is 2.53. The molecule has 0 unspecified atom stereocenters. The quantitative estimate of drug-likeness (QED) is 0.748. The SMILES string of the molecule is Cc1cccc(CN(CC(=O)NCCc2cccc(Cl)c2)S(C)(=O)=O)c1. The lowest BCUT2D eigenvalue weighted by molar-refractivity contribution is -0.121. The van der Waals surface area contributed by atoms with Gasteiger partial charge in [-0.2, -0.15) is 4.31 Å². The topological polar surface area (TPSA) is 66.5 Å². The van der Waals surface area contributed by atoms with E-state index in [-0.39, 0.29) is 19.0 Å². The molecule has 0 saturated carbocycles. The molecule has 0 aliphatic heterocycles. The molecule has 0 bridgehead atoms. The number of hydrogen-bond donors (Lipinski definition) is 1. The normalized spacial score (nSPS) is 11.5. The summed E-state index contributed by atoms with van der Waals surface area (Å²) < 4.78 is 25.2. The molecule has 0 aliphatic rings. The molecule has 5 nitrogen and oxygen atoms in total. The second kappa shape index (κ2) is 9.16. The predicted octanol–water partition coefficient (Wildman–Crippen LogP) is 2.77. The smallest absolute Gasteiger partial charge is 0.235 e. The van der Waals surface area contributed by atoms with Crippen molar-refractivity contribution in [3.8, 4) is 0 Å². The number of benzene rings is 2. The van der Waals surface area contributed by atoms with Gasteiger partial charge in [0, 0.05) is 18.1 Å². The lowest BCUT2D eigenvalue weighted by Crippen LogP contribution is -2.40. The molecule has 2 rings (SSSR count). The molecule has 1 amide bonds.